The molecule has 2 aromatic carbocycles. The molecule has 0 bridgehead atoms. The van der Waals surface area contributed by atoms with Crippen molar-refractivity contribution in [2.24, 2.45) is 0 Å². The van der Waals surface area contributed by atoms with E-state index in [9.17, 15) is 19.1 Å². The fraction of sp³-hybridized carbons (Fsp3) is 0.143. The predicted octanol–water partition coefficient (Wildman–Crippen LogP) is 4.05. The Labute approximate surface area is 169 Å². The third-order valence-corrected chi connectivity index (χ3v) is 4.91. The lowest BCUT2D eigenvalue weighted by molar-refractivity contribution is -0.137. The van der Waals surface area contributed by atoms with Crippen LogP contribution in [-0.4, -0.2) is 25.6 Å². The van der Waals surface area contributed by atoms with E-state index in [0.717, 1.165) is 4.57 Å². The summed E-state index contributed by atoms with van der Waals surface area (Å²) in [5.41, 5.74) is 1.31. The number of carboxylic acid groups (broad SMARTS) is 1. The fourth-order valence-corrected chi connectivity index (χ4v) is 3.50. The lowest BCUT2D eigenvalue weighted by Crippen LogP contribution is -2.29. The van der Waals surface area contributed by atoms with Gasteiger partial charge in [-0.2, -0.15) is 0 Å². The first-order valence-corrected chi connectivity index (χ1v) is 9.27. The zero-order valence-electron chi connectivity index (χ0n) is 15.3. The zero-order valence-corrected chi connectivity index (χ0v) is 16.1. The number of nitrogens with zero attached hydrogens (tertiary/aromatic N) is 3. The van der Waals surface area contributed by atoms with E-state index in [2.05, 4.69) is 9.97 Å². The number of rotatable bonds is 4. The molecule has 0 aliphatic heterocycles. The third-order valence-electron chi connectivity index (χ3n) is 4.66. The third kappa shape index (κ3) is 3.34. The van der Waals surface area contributed by atoms with Gasteiger partial charge in [0.15, 0.2) is 0 Å². The minimum Gasteiger partial charge on any atom is -0.480 e. The van der Waals surface area contributed by atoms with Crippen LogP contribution in [-0.2, 0) is 17.8 Å². The van der Waals surface area contributed by atoms with Crippen LogP contribution in [0.1, 0.15) is 12.7 Å². The molecule has 0 radical (unpaired) electrons. The van der Waals surface area contributed by atoms with Gasteiger partial charge in [-0.3, -0.25) is 14.2 Å². The summed E-state index contributed by atoms with van der Waals surface area (Å²) in [7, 11) is 0. The molecule has 2 heterocycles. The Hall–Kier alpha value is -3.32. The topological polar surface area (TPSA) is 85.1 Å². The van der Waals surface area contributed by atoms with E-state index in [1.165, 1.54) is 18.2 Å². The van der Waals surface area contributed by atoms with Crippen LogP contribution in [0, 0.1) is 5.82 Å². The highest BCUT2D eigenvalue weighted by molar-refractivity contribution is 6.30. The van der Waals surface area contributed by atoms with Crippen molar-refractivity contribution in [2.45, 2.75) is 19.9 Å². The van der Waals surface area contributed by atoms with Crippen LogP contribution in [0.2, 0.25) is 5.02 Å². The summed E-state index contributed by atoms with van der Waals surface area (Å²) in [5.74, 6) is -1.37. The fourth-order valence-electron chi connectivity index (χ4n) is 3.37. The summed E-state index contributed by atoms with van der Waals surface area (Å²) < 4.78 is 15.1. The Morgan fingerprint density at radius 2 is 1.90 bits per heavy atom. The summed E-state index contributed by atoms with van der Waals surface area (Å²) >= 11 is 5.99. The monoisotopic (exact) mass is 411 g/mol. The molecular weight excluding hydrogens is 397 g/mol. The first-order chi connectivity index (χ1) is 13.9. The van der Waals surface area contributed by atoms with Gasteiger partial charge in [0.1, 0.15) is 23.7 Å². The van der Waals surface area contributed by atoms with Gasteiger partial charge in [-0.05, 0) is 30.3 Å². The SMILES string of the molecule is CCc1nc2c(-c3ccc(Cl)cc3)nc3ccc(F)cc3c2c(=O)n1CC(=O)O. The number of hydrogen-bond acceptors (Lipinski definition) is 4. The van der Waals surface area contributed by atoms with Crippen LogP contribution < -0.4 is 5.56 Å². The largest absolute Gasteiger partial charge is 0.480 e. The molecule has 0 amide bonds. The molecule has 2 aromatic heterocycles. The summed E-state index contributed by atoms with van der Waals surface area (Å²) in [4.78, 5) is 33.8. The van der Waals surface area contributed by atoms with Gasteiger partial charge in [0.2, 0.25) is 0 Å². The van der Waals surface area contributed by atoms with Gasteiger partial charge in [-0.15, -0.1) is 0 Å². The second kappa shape index (κ2) is 7.25. The molecule has 0 atom stereocenters. The number of aryl methyl sites for hydroxylation is 1. The maximum absolute atomic E-state index is 14.0. The minimum absolute atomic E-state index is 0.137. The van der Waals surface area contributed by atoms with E-state index >= 15 is 0 Å². The highest BCUT2D eigenvalue weighted by Crippen LogP contribution is 2.31. The molecule has 0 unspecified atom stereocenters. The lowest BCUT2D eigenvalue weighted by atomic mass is 10.0. The first kappa shape index (κ1) is 19.0. The van der Waals surface area contributed by atoms with Crippen molar-refractivity contribution in [3.05, 3.63) is 69.5 Å². The number of carbonyl (C=O) groups is 1. The summed E-state index contributed by atoms with van der Waals surface area (Å²) in [6.45, 7) is 1.25. The number of benzene rings is 2. The van der Waals surface area contributed by atoms with Crippen LogP contribution in [0.4, 0.5) is 4.39 Å². The summed E-state index contributed by atoms with van der Waals surface area (Å²) in [6.07, 6.45) is 0.347. The van der Waals surface area contributed by atoms with Crippen molar-refractivity contribution in [2.75, 3.05) is 0 Å². The van der Waals surface area contributed by atoms with Gasteiger partial charge < -0.3 is 5.11 Å². The average Bonchev–Trinajstić information content (AvgIpc) is 2.69. The Morgan fingerprint density at radius 1 is 1.17 bits per heavy atom. The van der Waals surface area contributed by atoms with Gasteiger partial charge >= 0.3 is 5.97 Å². The molecule has 0 saturated heterocycles. The molecule has 4 aromatic rings. The highest BCUT2D eigenvalue weighted by atomic mass is 35.5. The van der Waals surface area contributed by atoms with Crippen molar-refractivity contribution in [1.29, 1.82) is 0 Å². The lowest BCUT2D eigenvalue weighted by Gasteiger charge is -2.14. The summed E-state index contributed by atoms with van der Waals surface area (Å²) in [5, 5.41) is 10.2. The van der Waals surface area contributed by atoms with Gasteiger partial charge in [0, 0.05) is 22.4 Å². The molecule has 0 saturated carbocycles. The number of aliphatic carboxylic acids is 1. The smallest absolute Gasteiger partial charge is 0.323 e. The molecule has 29 heavy (non-hydrogen) atoms. The second-order valence-corrected chi connectivity index (χ2v) is 6.96. The van der Waals surface area contributed by atoms with Crippen LogP contribution >= 0.6 is 11.6 Å². The Morgan fingerprint density at radius 3 is 2.55 bits per heavy atom. The number of halogens is 2. The molecule has 0 aliphatic carbocycles. The number of aromatic nitrogens is 3. The number of carboxylic acids is 1. The molecule has 6 nitrogen and oxygen atoms in total. The molecular formula is C21H15ClFN3O3. The van der Waals surface area contributed by atoms with Gasteiger partial charge in [-0.1, -0.05) is 30.7 Å². The van der Waals surface area contributed by atoms with Crippen molar-refractivity contribution in [3.63, 3.8) is 0 Å². The van der Waals surface area contributed by atoms with E-state index in [1.54, 1.807) is 31.2 Å². The van der Waals surface area contributed by atoms with Crippen LogP contribution in [0.3, 0.4) is 0 Å². The van der Waals surface area contributed by atoms with Crippen molar-refractivity contribution in [1.82, 2.24) is 14.5 Å². The molecule has 8 heteroatoms. The molecule has 4 rings (SSSR count). The number of pyridine rings is 1. The van der Waals surface area contributed by atoms with Gasteiger partial charge in [-0.25, -0.2) is 14.4 Å². The molecule has 146 valence electrons. The highest BCUT2D eigenvalue weighted by Gasteiger charge is 2.20. The van der Waals surface area contributed by atoms with E-state index < -0.39 is 23.9 Å². The normalized spacial score (nSPS) is 11.3. The van der Waals surface area contributed by atoms with Crippen LogP contribution in [0.5, 0.6) is 0 Å². The zero-order chi connectivity index (χ0) is 20.7. The average molecular weight is 412 g/mol. The van der Waals surface area contributed by atoms with E-state index in [-0.39, 0.29) is 10.8 Å². The Kier molecular flexibility index (Phi) is 4.76. The quantitative estimate of drug-likeness (QED) is 0.512. The number of fused-ring (bicyclic) bond motifs is 3. The van der Waals surface area contributed by atoms with E-state index in [0.29, 0.717) is 39.6 Å². The van der Waals surface area contributed by atoms with Gasteiger partial charge in [0.05, 0.1) is 16.6 Å². The molecule has 1 N–H and O–H groups in total. The van der Waals surface area contributed by atoms with Gasteiger partial charge in [0.25, 0.3) is 5.56 Å². The first-order valence-electron chi connectivity index (χ1n) is 8.89. The van der Waals surface area contributed by atoms with Crippen LogP contribution in [0.25, 0.3) is 33.1 Å². The minimum atomic E-state index is -1.16. The molecule has 0 spiro atoms. The Balaban J connectivity index is 2.20. The van der Waals surface area contributed by atoms with Crippen molar-refractivity contribution >= 4 is 39.4 Å². The second-order valence-electron chi connectivity index (χ2n) is 6.52. The predicted molar refractivity (Wildman–Crippen MR) is 109 cm³/mol. The summed E-state index contributed by atoms with van der Waals surface area (Å²) in [6, 6.07) is 10.9. The van der Waals surface area contributed by atoms with Crippen molar-refractivity contribution < 1.29 is 14.3 Å². The maximum atomic E-state index is 14.0. The standard InChI is InChI=1S/C21H15ClFN3O3/c1-2-16-25-20-18(21(29)26(16)10-17(27)28)14-9-13(23)7-8-15(14)24-19(20)11-3-5-12(22)6-4-11/h3-9H,2,10H2,1H3,(H,27,28). The van der Waals surface area contributed by atoms with E-state index in [4.69, 9.17) is 11.6 Å². The Bertz CT molecular complexity index is 1330. The number of hydrogen-bond donors (Lipinski definition) is 1. The van der Waals surface area contributed by atoms with E-state index in [1.807, 2.05) is 0 Å². The molecule has 0 fully saturated rings. The molecule has 0 aliphatic rings. The maximum Gasteiger partial charge on any atom is 0.323 e. The van der Waals surface area contributed by atoms with Crippen molar-refractivity contribution in [3.8, 4) is 11.3 Å². The van der Waals surface area contributed by atoms with Crippen LogP contribution in [0.15, 0.2) is 47.3 Å².